The molecule has 4 heteroatoms. The zero-order valence-corrected chi connectivity index (χ0v) is 9.50. The summed E-state index contributed by atoms with van der Waals surface area (Å²) in [5.74, 6) is -0.748. The molecular weight excluding hydrogens is 183 g/mol. The van der Waals surface area contributed by atoms with Crippen molar-refractivity contribution in [3.63, 3.8) is 0 Å². The second-order valence-corrected chi connectivity index (χ2v) is 7.87. The lowest BCUT2D eigenvalue weighted by Crippen LogP contribution is -2.34. The van der Waals surface area contributed by atoms with Crippen LogP contribution in [0.4, 0.5) is 4.11 Å². The van der Waals surface area contributed by atoms with Crippen LogP contribution in [0.25, 0.3) is 0 Å². The first-order valence-electron chi connectivity index (χ1n) is 4.32. The highest BCUT2D eigenvalue weighted by Gasteiger charge is 2.41. The van der Waals surface area contributed by atoms with Crippen LogP contribution >= 0.6 is 0 Å². The first-order valence-corrected chi connectivity index (χ1v) is 7.28. The van der Waals surface area contributed by atoms with Crippen molar-refractivity contribution >= 4 is 8.41 Å². The van der Waals surface area contributed by atoms with Gasteiger partial charge in [-0.3, -0.25) is 0 Å². The van der Waals surface area contributed by atoms with Crippen LogP contribution in [0.1, 0.15) is 13.8 Å². The molecule has 0 N–H and O–H groups in total. The van der Waals surface area contributed by atoms with E-state index in [4.69, 9.17) is 10.5 Å². The molecule has 0 heterocycles. The summed E-state index contributed by atoms with van der Waals surface area (Å²) in [7, 11) is -2.90. The van der Waals surface area contributed by atoms with Gasteiger partial charge in [0.15, 0.2) is 0 Å². The van der Waals surface area contributed by atoms with Crippen molar-refractivity contribution in [2.24, 2.45) is 11.8 Å². The predicted molar refractivity (Wildman–Crippen MR) is 51.9 cm³/mol. The molecule has 0 spiro atoms. The van der Waals surface area contributed by atoms with Crippen molar-refractivity contribution in [3.05, 3.63) is 0 Å². The summed E-state index contributed by atoms with van der Waals surface area (Å²) in [5, 5.41) is 17.4. The fourth-order valence-corrected chi connectivity index (χ4v) is 4.29. The first kappa shape index (κ1) is 12.1. The van der Waals surface area contributed by atoms with Crippen molar-refractivity contribution in [2.45, 2.75) is 32.5 Å². The Morgan fingerprint density at radius 2 is 1.54 bits per heavy atom. The van der Waals surface area contributed by atoms with Gasteiger partial charge in [0, 0.05) is 5.54 Å². The third-order valence-corrected chi connectivity index (χ3v) is 4.73. The van der Waals surface area contributed by atoms with E-state index in [-0.39, 0.29) is 11.5 Å². The highest BCUT2D eigenvalue weighted by atomic mass is 28.4. The van der Waals surface area contributed by atoms with Crippen molar-refractivity contribution in [3.8, 4) is 12.1 Å². The standard InChI is InChI=1S/C9H15FN2Si/c1-7(2)9(13(3,4)10)8(5-11)6-12/h7-9H,1-4H3. The monoisotopic (exact) mass is 198 g/mol. The van der Waals surface area contributed by atoms with E-state index in [1.165, 1.54) is 0 Å². The maximum absolute atomic E-state index is 13.8. The second-order valence-electron chi connectivity index (χ2n) is 4.07. The van der Waals surface area contributed by atoms with Crippen molar-refractivity contribution in [1.82, 2.24) is 0 Å². The molecular formula is C9H15FN2Si. The number of nitrogens with zero attached hydrogens (tertiary/aromatic N) is 2. The minimum absolute atomic E-state index is 0.0518. The van der Waals surface area contributed by atoms with Gasteiger partial charge >= 0.3 is 0 Å². The molecule has 1 unspecified atom stereocenters. The van der Waals surface area contributed by atoms with E-state index in [9.17, 15) is 4.11 Å². The average Bonchev–Trinajstić information content (AvgIpc) is 1.96. The Morgan fingerprint density at radius 1 is 1.15 bits per heavy atom. The molecule has 0 aliphatic rings. The lowest BCUT2D eigenvalue weighted by Gasteiger charge is -2.28. The Labute approximate surface area is 80.2 Å². The van der Waals surface area contributed by atoms with Gasteiger partial charge in [-0.05, 0) is 19.0 Å². The topological polar surface area (TPSA) is 47.6 Å². The van der Waals surface area contributed by atoms with Gasteiger partial charge in [0.05, 0.1) is 12.1 Å². The number of rotatable bonds is 3. The highest BCUT2D eigenvalue weighted by Crippen LogP contribution is 2.37. The molecule has 0 aromatic carbocycles. The zero-order valence-electron chi connectivity index (χ0n) is 8.50. The predicted octanol–water partition coefficient (Wildman–Crippen LogP) is 2.85. The maximum atomic E-state index is 13.8. The SMILES string of the molecule is CC(C)C(C(C#N)C#N)[Si](C)(C)F. The maximum Gasteiger partial charge on any atom is 0.246 e. The normalized spacial score (nSPS) is 13.9. The van der Waals surface area contributed by atoms with E-state index in [0.717, 1.165) is 0 Å². The van der Waals surface area contributed by atoms with E-state index >= 15 is 0 Å². The molecule has 0 radical (unpaired) electrons. The van der Waals surface area contributed by atoms with Crippen LogP contribution < -0.4 is 0 Å². The van der Waals surface area contributed by atoms with Gasteiger partial charge in [0.25, 0.3) is 0 Å². The zero-order chi connectivity index (χ0) is 10.6. The van der Waals surface area contributed by atoms with E-state index < -0.39 is 14.3 Å². The molecule has 0 amide bonds. The van der Waals surface area contributed by atoms with Crippen molar-refractivity contribution < 1.29 is 4.11 Å². The van der Waals surface area contributed by atoms with E-state index in [1.807, 2.05) is 26.0 Å². The Bertz CT molecular complexity index is 230. The molecule has 0 saturated carbocycles. The fraction of sp³-hybridized carbons (Fsp3) is 0.778. The Kier molecular flexibility index (Phi) is 4.09. The molecule has 13 heavy (non-hydrogen) atoms. The third kappa shape index (κ3) is 3.16. The molecule has 0 saturated heterocycles. The summed E-state index contributed by atoms with van der Waals surface area (Å²) < 4.78 is 13.8. The van der Waals surface area contributed by atoms with Crippen LogP contribution in [0.5, 0.6) is 0 Å². The molecule has 0 aromatic heterocycles. The Balaban J connectivity index is 4.86. The van der Waals surface area contributed by atoms with Gasteiger partial charge < -0.3 is 4.11 Å². The molecule has 0 bridgehead atoms. The molecule has 72 valence electrons. The molecule has 0 rings (SSSR count). The van der Waals surface area contributed by atoms with Crippen LogP contribution in [0.2, 0.25) is 18.6 Å². The first-order chi connectivity index (χ1) is 5.84. The van der Waals surface area contributed by atoms with E-state index in [0.29, 0.717) is 0 Å². The molecule has 0 aromatic rings. The highest BCUT2D eigenvalue weighted by molar-refractivity contribution is 6.72. The van der Waals surface area contributed by atoms with Gasteiger partial charge in [0.2, 0.25) is 8.41 Å². The van der Waals surface area contributed by atoms with Gasteiger partial charge in [-0.2, -0.15) is 10.5 Å². The van der Waals surface area contributed by atoms with Gasteiger partial charge in [-0.15, -0.1) is 0 Å². The minimum Gasteiger partial charge on any atom is -0.314 e. The second kappa shape index (κ2) is 4.39. The lowest BCUT2D eigenvalue weighted by molar-refractivity contribution is 0.496. The molecule has 0 fully saturated rings. The van der Waals surface area contributed by atoms with Crippen molar-refractivity contribution in [1.29, 1.82) is 10.5 Å². The van der Waals surface area contributed by atoms with Crippen molar-refractivity contribution in [2.75, 3.05) is 0 Å². The van der Waals surface area contributed by atoms with Gasteiger partial charge in [0.1, 0.15) is 5.92 Å². The molecule has 0 aliphatic carbocycles. The quantitative estimate of drug-likeness (QED) is 0.517. The summed E-state index contributed by atoms with van der Waals surface area (Å²) in [6.45, 7) is 6.83. The van der Waals surface area contributed by atoms with Gasteiger partial charge in [-0.1, -0.05) is 13.8 Å². The molecule has 0 aliphatic heterocycles. The average molecular weight is 198 g/mol. The van der Waals surface area contributed by atoms with Crippen LogP contribution in [-0.2, 0) is 0 Å². The van der Waals surface area contributed by atoms with E-state index in [2.05, 4.69) is 0 Å². The van der Waals surface area contributed by atoms with Crippen LogP contribution in [-0.4, -0.2) is 8.41 Å². The molecule has 1 atom stereocenters. The number of hydrogen-bond donors (Lipinski definition) is 0. The summed E-state index contributed by atoms with van der Waals surface area (Å²) in [6.07, 6.45) is 0. The number of halogens is 1. The number of hydrogen-bond acceptors (Lipinski definition) is 2. The number of nitriles is 2. The van der Waals surface area contributed by atoms with Crippen LogP contribution in [0.15, 0.2) is 0 Å². The van der Waals surface area contributed by atoms with Crippen LogP contribution in [0.3, 0.4) is 0 Å². The fourth-order valence-electron chi connectivity index (χ4n) is 1.76. The summed E-state index contributed by atoms with van der Waals surface area (Å²) >= 11 is 0. The lowest BCUT2D eigenvalue weighted by atomic mass is 9.99. The minimum atomic E-state index is -2.90. The summed E-state index contributed by atoms with van der Waals surface area (Å²) in [5.41, 5.74) is -0.387. The molecule has 2 nitrogen and oxygen atoms in total. The van der Waals surface area contributed by atoms with Gasteiger partial charge in [-0.25, -0.2) is 0 Å². The van der Waals surface area contributed by atoms with Crippen LogP contribution in [0, 0.1) is 34.5 Å². The summed E-state index contributed by atoms with van der Waals surface area (Å²) in [6, 6.07) is 3.75. The van der Waals surface area contributed by atoms with E-state index in [1.54, 1.807) is 13.1 Å². The Hall–Kier alpha value is -0.873. The smallest absolute Gasteiger partial charge is 0.246 e. The Morgan fingerprint density at radius 3 is 1.62 bits per heavy atom. The summed E-state index contributed by atoms with van der Waals surface area (Å²) in [4.78, 5) is 0. The third-order valence-electron chi connectivity index (χ3n) is 2.15. The largest absolute Gasteiger partial charge is 0.314 e.